The fourth-order valence-corrected chi connectivity index (χ4v) is 14.7. The van der Waals surface area contributed by atoms with Crippen LogP contribution in [0.3, 0.4) is 0 Å². The summed E-state index contributed by atoms with van der Waals surface area (Å²) in [7, 11) is 0. The smallest absolute Gasteiger partial charge is 0.124 e. The van der Waals surface area contributed by atoms with Crippen LogP contribution in [0.25, 0.3) is 0 Å². The second-order valence-corrected chi connectivity index (χ2v) is 18.7. The highest BCUT2D eigenvalue weighted by atomic mass is 32.4. The summed E-state index contributed by atoms with van der Waals surface area (Å²) < 4.78 is 15.8. The van der Waals surface area contributed by atoms with E-state index in [0.717, 1.165) is 60.0 Å². The van der Waals surface area contributed by atoms with E-state index in [-0.39, 0.29) is 5.82 Å². The summed E-state index contributed by atoms with van der Waals surface area (Å²) in [5, 5.41) is 6.12. The van der Waals surface area contributed by atoms with Gasteiger partial charge < -0.3 is 4.90 Å². The molecule has 0 amide bonds. The zero-order valence-corrected chi connectivity index (χ0v) is 24.4. The lowest BCUT2D eigenvalue weighted by atomic mass is 10.1. The zero-order valence-electron chi connectivity index (χ0n) is 20.9. The van der Waals surface area contributed by atoms with E-state index in [1.165, 1.54) is 0 Å². The Hall–Kier alpha value is -2.87. The second kappa shape index (κ2) is 8.57. The lowest BCUT2D eigenvalue weighted by molar-refractivity contribution is 0.630. The molecule has 0 saturated carbocycles. The monoisotopic (exact) mass is 567 g/mol. The van der Waals surface area contributed by atoms with Crippen molar-refractivity contribution in [1.29, 1.82) is 0 Å². The molecule has 5 aromatic rings. The highest BCUT2D eigenvalue weighted by Crippen LogP contribution is 2.60. The molecular formula is C32H24FNP2S2. The van der Waals surface area contributed by atoms with E-state index in [9.17, 15) is 0 Å². The molecule has 0 bridgehead atoms. The molecule has 0 radical (unpaired) electrons. The molecule has 5 aromatic carbocycles. The molecule has 6 heteroatoms. The maximum atomic E-state index is 15.8. The molecule has 2 unspecified atom stereocenters. The first kappa shape index (κ1) is 24.2. The number of fused-ring (bicyclic) bond motifs is 4. The van der Waals surface area contributed by atoms with Gasteiger partial charge in [-0.3, -0.25) is 0 Å². The van der Waals surface area contributed by atoms with Crippen LogP contribution in [-0.2, 0) is 23.6 Å². The summed E-state index contributed by atoms with van der Waals surface area (Å²) in [6.45, 7) is 4.19. The molecule has 0 aromatic heterocycles. The third-order valence-corrected chi connectivity index (χ3v) is 17.4. The Balaban J connectivity index is 1.70. The zero-order chi connectivity index (χ0) is 26.2. The van der Waals surface area contributed by atoms with Crippen LogP contribution < -0.4 is 36.7 Å². The molecule has 0 saturated heterocycles. The number of anilines is 3. The summed E-state index contributed by atoms with van der Waals surface area (Å²) in [6, 6.07) is 31.9. The van der Waals surface area contributed by atoms with Gasteiger partial charge in [-0.1, -0.05) is 108 Å². The molecule has 2 atom stereocenters. The van der Waals surface area contributed by atoms with Gasteiger partial charge >= 0.3 is 0 Å². The van der Waals surface area contributed by atoms with E-state index < -0.39 is 12.1 Å². The predicted octanol–water partition coefficient (Wildman–Crippen LogP) is 6.05. The molecule has 0 fully saturated rings. The van der Waals surface area contributed by atoms with Crippen molar-refractivity contribution in [2.24, 2.45) is 0 Å². The van der Waals surface area contributed by atoms with Crippen molar-refractivity contribution in [2.75, 3.05) is 4.90 Å². The Morgan fingerprint density at radius 1 is 0.553 bits per heavy atom. The molecule has 38 heavy (non-hydrogen) atoms. The maximum absolute atomic E-state index is 15.8. The number of aryl methyl sites for hydroxylation is 2. The number of hydrogen-bond donors (Lipinski definition) is 0. The first-order chi connectivity index (χ1) is 18.3. The molecule has 7 rings (SSSR count). The van der Waals surface area contributed by atoms with Crippen molar-refractivity contribution in [2.45, 2.75) is 13.8 Å². The van der Waals surface area contributed by atoms with Crippen LogP contribution in [-0.4, -0.2) is 0 Å². The number of halogens is 1. The normalized spacial score (nSPS) is 20.9. The fraction of sp³-hybridized carbons (Fsp3) is 0.0625. The van der Waals surface area contributed by atoms with Crippen molar-refractivity contribution in [3.05, 3.63) is 126 Å². The average Bonchev–Trinajstić information content (AvgIpc) is 2.94. The highest BCUT2D eigenvalue weighted by molar-refractivity contribution is 8.27. The minimum atomic E-state index is -2.59. The SMILES string of the molecule is Cc1ccc2c(c1)P(=S)(c1ccccc1)c1cc(F)cc3c1N2c1ccc(C)cc1P3(=S)c1ccccc1. The first-order valence-electron chi connectivity index (χ1n) is 12.5. The minimum Gasteiger partial charge on any atom is -0.308 e. The molecule has 1 nitrogen and oxygen atoms in total. The van der Waals surface area contributed by atoms with Crippen molar-refractivity contribution in [3.8, 4) is 0 Å². The summed E-state index contributed by atoms with van der Waals surface area (Å²) in [5.74, 6) is -0.277. The van der Waals surface area contributed by atoms with Gasteiger partial charge in [0.15, 0.2) is 0 Å². The van der Waals surface area contributed by atoms with Gasteiger partial charge in [0.2, 0.25) is 0 Å². The van der Waals surface area contributed by atoms with E-state index >= 15 is 4.39 Å². The van der Waals surface area contributed by atoms with E-state index in [1.54, 1.807) is 12.1 Å². The standard InChI is InChI=1S/C32H24FNP2S2/c1-21-13-15-26-28(17-21)35(37,24-9-5-3-6-10-24)30-19-23(33)20-31-32(30)34(26)27-16-14-22(2)18-29(27)36(31,38)25-11-7-4-8-12-25/h3-20H,1-2H3. The molecule has 2 heterocycles. The molecule has 186 valence electrons. The average molecular weight is 568 g/mol. The molecule has 2 aliphatic rings. The molecular weight excluding hydrogens is 543 g/mol. The first-order valence-corrected chi connectivity index (χ1v) is 18.1. The van der Waals surface area contributed by atoms with Gasteiger partial charge in [-0.25, -0.2) is 4.39 Å². The van der Waals surface area contributed by atoms with E-state index in [2.05, 4.69) is 79.4 Å². The van der Waals surface area contributed by atoms with Crippen LogP contribution in [0, 0.1) is 19.7 Å². The van der Waals surface area contributed by atoms with E-state index in [0.29, 0.717) is 0 Å². The van der Waals surface area contributed by atoms with Crippen molar-refractivity contribution in [3.63, 3.8) is 0 Å². The highest BCUT2D eigenvalue weighted by Gasteiger charge is 2.46. The summed E-state index contributed by atoms with van der Waals surface area (Å²) in [4.78, 5) is 2.31. The van der Waals surface area contributed by atoms with Gasteiger partial charge in [0.05, 0.1) is 17.1 Å². The van der Waals surface area contributed by atoms with Crippen LogP contribution in [0.2, 0.25) is 0 Å². The number of nitrogens with zero attached hydrogens (tertiary/aromatic N) is 1. The predicted molar refractivity (Wildman–Crippen MR) is 170 cm³/mol. The van der Waals surface area contributed by atoms with Crippen LogP contribution in [0.5, 0.6) is 0 Å². The summed E-state index contributed by atoms with van der Waals surface area (Å²) in [5.41, 5.74) is 5.41. The molecule has 2 aliphatic heterocycles. The molecule has 0 aliphatic carbocycles. The lowest BCUT2D eigenvalue weighted by Crippen LogP contribution is -2.46. The van der Waals surface area contributed by atoms with Crippen molar-refractivity contribution < 1.29 is 4.39 Å². The maximum Gasteiger partial charge on any atom is 0.124 e. The minimum absolute atomic E-state index is 0.277. The van der Waals surface area contributed by atoms with Crippen molar-refractivity contribution >= 4 is 84.6 Å². The number of benzene rings is 5. The Kier molecular flexibility index (Phi) is 5.45. The largest absolute Gasteiger partial charge is 0.308 e. The number of hydrogen-bond acceptors (Lipinski definition) is 3. The van der Waals surface area contributed by atoms with Gasteiger partial charge in [-0.15, -0.1) is 0 Å². The fourth-order valence-electron chi connectivity index (χ4n) is 5.89. The van der Waals surface area contributed by atoms with Gasteiger partial charge in [0.1, 0.15) is 5.82 Å². The second-order valence-electron chi connectivity index (χ2n) is 10.0. The lowest BCUT2D eigenvalue weighted by Gasteiger charge is -2.47. The Bertz CT molecular complexity index is 1740. The van der Waals surface area contributed by atoms with Crippen LogP contribution in [0.15, 0.2) is 109 Å². The number of rotatable bonds is 2. The van der Waals surface area contributed by atoms with Gasteiger partial charge in [0.25, 0.3) is 0 Å². The van der Waals surface area contributed by atoms with E-state index in [4.69, 9.17) is 23.6 Å². The Morgan fingerprint density at radius 2 is 0.974 bits per heavy atom. The Morgan fingerprint density at radius 3 is 1.39 bits per heavy atom. The summed E-state index contributed by atoms with van der Waals surface area (Å²) in [6.07, 6.45) is 0. The van der Waals surface area contributed by atoms with Gasteiger partial charge in [-0.2, -0.15) is 0 Å². The quantitative estimate of drug-likeness (QED) is 0.234. The molecule has 0 spiro atoms. The molecule has 0 N–H and O–H groups in total. The van der Waals surface area contributed by atoms with Gasteiger partial charge in [-0.05, 0) is 60.9 Å². The third-order valence-electron chi connectivity index (χ3n) is 7.60. The van der Waals surface area contributed by atoms with Crippen LogP contribution in [0.1, 0.15) is 11.1 Å². The van der Waals surface area contributed by atoms with Crippen molar-refractivity contribution in [1.82, 2.24) is 0 Å². The Labute approximate surface area is 233 Å². The van der Waals surface area contributed by atoms with Crippen LogP contribution in [0.4, 0.5) is 21.5 Å². The topological polar surface area (TPSA) is 3.24 Å². The van der Waals surface area contributed by atoms with Crippen LogP contribution >= 0.6 is 12.1 Å². The van der Waals surface area contributed by atoms with Gasteiger partial charge in [0, 0.05) is 33.3 Å². The summed E-state index contributed by atoms with van der Waals surface area (Å²) >= 11 is 13.5. The third kappa shape index (κ3) is 3.22. The van der Waals surface area contributed by atoms with E-state index in [1.807, 2.05) is 36.4 Å².